The maximum Gasteiger partial charge on any atom is 0.417 e. The highest BCUT2D eigenvalue weighted by molar-refractivity contribution is 6.33. The lowest BCUT2D eigenvalue weighted by atomic mass is 10.2. The Hall–Kier alpha value is -2.88. The van der Waals surface area contributed by atoms with E-state index < -0.39 is 11.7 Å². The summed E-state index contributed by atoms with van der Waals surface area (Å²) in [4.78, 5) is 33.6. The maximum atomic E-state index is 12.8. The number of aryl methyl sites for hydroxylation is 1. The molecule has 1 saturated heterocycles. The summed E-state index contributed by atoms with van der Waals surface area (Å²) >= 11 is 6.01. The molecule has 0 spiro atoms. The van der Waals surface area contributed by atoms with Gasteiger partial charge in [-0.15, -0.1) is 0 Å². The number of rotatable bonds is 4. The van der Waals surface area contributed by atoms with Gasteiger partial charge < -0.3 is 15.5 Å². The Bertz CT molecular complexity index is 983. The molecule has 0 radical (unpaired) electrons. The van der Waals surface area contributed by atoms with Crippen LogP contribution in [-0.2, 0) is 11.0 Å². The first-order chi connectivity index (χ1) is 14.0. The standard InChI is InChI=1S/C19H19ClF3N5O2/c1-10-5-12(6-16(25-10)26-11(2)29)18(30)27-14-3-4-28(9-14)17-15(20)7-13(8-24-17)19(21,22)23/h5-8,14H,3-4,9H2,1-2H3,(H,27,30)(H,25,26,29)/t14-/m1/s1. The molecule has 11 heteroatoms. The van der Waals surface area contributed by atoms with Crippen molar-refractivity contribution < 1.29 is 22.8 Å². The van der Waals surface area contributed by atoms with Crippen LogP contribution in [0.5, 0.6) is 0 Å². The fraction of sp³-hybridized carbons (Fsp3) is 0.368. The third-order valence-corrected chi connectivity index (χ3v) is 4.77. The van der Waals surface area contributed by atoms with Crippen LogP contribution in [0.1, 0.15) is 35.0 Å². The fourth-order valence-electron chi connectivity index (χ4n) is 3.20. The molecule has 1 fully saturated rings. The molecule has 2 N–H and O–H groups in total. The van der Waals surface area contributed by atoms with Crippen molar-refractivity contribution in [2.24, 2.45) is 0 Å². The number of nitrogens with zero attached hydrogens (tertiary/aromatic N) is 3. The topological polar surface area (TPSA) is 87.2 Å². The third-order valence-electron chi connectivity index (χ3n) is 4.49. The van der Waals surface area contributed by atoms with Crippen molar-refractivity contribution in [1.29, 1.82) is 0 Å². The van der Waals surface area contributed by atoms with Gasteiger partial charge in [-0.3, -0.25) is 9.59 Å². The third kappa shape index (κ3) is 5.18. The molecule has 0 bridgehead atoms. The monoisotopic (exact) mass is 441 g/mol. The number of amides is 2. The zero-order chi connectivity index (χ0) is 22.1. The number of pyridine rings is 2. The number of halogens is 4. The molecule has 1 atom stereocenters. The summed E-state index contributed by atoms with van der Waals surface area (Å²) in [6, 6.07) is 3.68. The van der Waals surface area contributed by atoms with Crippen LogP contribution >= 0.6 is 11.6 Å². The molecule has 160 valence electrons. The van der Waals surface area contributed by atoms with Crippen LogP contribution < -0.4 is 15.5 Å². The highest BCUT2D eigenvalue weighted by Crippen LogP contribution is 2.34. The Balaban J connectivity index is 1.67. The smallest absolute Gasteiger partial charge is 0.353 e. The molecule has 1 aliphatic rings. The van der Waals surface area contributed by atoms with E-state index in [1.54, 1.807) is 17.9 Å². The van der Waals surface area contributed by atoms with Gasteiger partial charge in [0.15, 0.2) is 0 Å². The normalized spacial score (nSPS) is 16.5. The van der Waals surface area contributed by atoms with E-state index in [-0.39, 0.29) is 34.5 Å². The zero-order valence-corrected chi connectivity index (χ0v) is 16.9. The Labute approximate surface area is 175 Å². The van der Waals surface area contributed by atoms with Crippen LogP contribution in [0.3, 0.4) is 0 Å². The molecule has 0 aromatic carbocycles. The molecule has 1 aliphatic heterocycles. The van der Waals surface area contributed by atoms with Gasteiger partial charge in [-0.05, 0) is 31.5 Å². The molecule has 0 unspecified atom stereocenters. The predicted octanol–water partition coefficient (Wildman–Crippen LogP) is 3.42. The van der Waals surface area contributed by atoms with Crippen molar-refractivity contribution in [3.8, 4) is 0 Å². The van der Waals surface area contributed by atoms with Crippen LogP contribution in [0.25, 0.3) is 0 Å². The second-order valence-corrected chi connectivity index (χ2v) is 7.40. The summed E-state index contributed by atoms with van der Waals surface area (Å²) in [6.07, 6.45) is -3.20. The van der Waals surface area contributed by atoms with E-state index in [2.05, 4.69) is 20.6 Å². The van der Waals surface area contributed by atoms with Crippen molar-refractivity contribution in [2.45, 2.75) is 32.5 Å². The highest BCUT2D eigenvalue weighted by atomic mass is 35.5. The highest BCUT2D eigenvalue weighted by Gasteiger charge is 2.33. The van der Waals surface area contributed by atoms with E-state index in [1.807, 2.05) is 0 Å². The van der Waals surface area contributed by atoms with E-state index in [0.29, 0.717) is 30.8 Å². The van der Waals surface area contributed by atoms with Crippen LogP contribution in [0, 0.1) is 6.92 Å². The number of carbonyl (C=O) groups is 2. The SMILES string of the molecule is CC(=O)Nc1cc(C(=O)N[C@@H]2CCN(c3ncc(C(F)(F)F)cc3Cl)C2)cc(C)n1. The predicted molar refractivity (Wildman–Crippen MR) is 106 cm³/mol. The van der Waals surface area contributed by atoms with Gasteiger partial charge in [-0.2, -0.15) is 13.2 Å². The number of aromatic nitrogens is 2. The molecule has 0 saturated carbocycles. The molecular weight excluding hydrogens is 423 g/mol. The van der Waals surface area contributed by atoms with Gasteiger partial charge in [-0.1, -0.05) is 11.6 Å². The van der Waals surface area contributed by atoms with Gasteiger partial charge in [0, 0.05) is 43.5 Å². The van der Waals surface area contributed by atoms with Crippen molar-refractivity contribution in [3.63, 3.8) is 0 Å². The van der Waals surface area contributed by atoms with Crippen LogP contribution in [0.4, 0.5) is 24.8 Å². The Morgan fingerprint density at radius 3 is 2.63 bits per heavy atom. The lowest BCUT2D eigenvalue weighted by molar-refractivity contribution is -0.137. The summed E-state index contributed by atoms with van der Waals surface area (Å²) in [7, 11) is 0. The lowest BCUT2D eigenvalue weighted by Gasteiger charge is -2.20. The molecule has 30 heavy (non-hydrogen) atoms. The van der Waals surface area contributed by atoms with Crippen molar-refractivity contribution in [1.82, 2.24) is 15.3 Å². The minimum Gasteiger partial charge on any atom is -0.353 e. The summed E-state index contributed by atoms with van der Waals surface area (Å²) in [5, 5.41) is 5.33. The van der Waals surface area contributed by atoms with Crippen LogP contribution in [-0.4, -0.2) is 40.9 Å². The van der Waals surface area contributed by atoms with Gasteiger partial charge in [0.05, 0.1) is 10.6 Å². The van der Waals surface area contributed by atoms with Gasteiger partial charge >= 0.3 is 6.18 Å². The summed E-state index contributed by atoms with van der Waals surface area (Å²) in [5.41, 5.74) is -0.00102. The summed E-state index contributed by atoms with van der Waals surface area (Å²) in [5.74, 6) is -0.118. The second-order valence-electron chi connectivity index (χ2n) is 7.00. The number of nitrogens with one attached hydrogen (secondary N) is 2. The molecule has 2 aromatic heterocycles. The van der Waals surface area contributed by atoms with E-state index in [9.17, 15) is 22.8 Å². The number of alkyl halides is 3. The number of hydrogen-bond donors (Lipinski definition) is 2. The van der Waals surface area contributed by atoms with Crippen molar-refractivity contribution >= 4 is 35.1 Å². The molecule has 2 amide bonds. The fourth-order valence-corrected chi connectivity index (χ4v) is 3.49. The van der Waals surface area contributed by atoms with Crippen LogP contribution in [0.2, 0.25) is 5.02 Å². The number of hydrogen-bond acceptors (Lipinski definition) is 5. The van der Waals surface area contributed by atoms with Crippen molar-refractivity contribution in [2.75, 3.05) is 23.3 Å². The Morgan fingerprint density at radius 2 is 2.00 bits per heavy atom. The average Bonchev–Trinajstić information content (AvgIpc) is 3.07. The largest absolute Gasteiger partial charge is 0.417 e. The first kappa shape index (κ1) is 21.8. The van der Waals surface area contributed by atoms with E-state index in [1.165, 1.54) is 13.0 Å². The van der Waals surface area contributed by atoms with Gasteiger partial charge in [0.25, 0.3) is 5.91 Å². The zero-order valence-electron chi connectivity index (χ0n) is 16.2. The van der Waals surface area contributed by atoms with E-state index >= 15 is 0 Å². The molecule has 7 nitrogen and oxygen atoms in total. The minimum atomic E-state index is -4.52. The quantitative estimate of drug-likeness (QED) is 0.759. The Kier molecular flexibility index (Phi) is 6.16. The maximum absolute atomic E-state index is 12.8. The summed E-state index contributed by atoms with van der Waals surface area (Å²) < 4.78 is 38.3. The van der Waals surface area contributed by atoms with E-state index in [0.717, 1.165) is 12.3 Å². The molecule has 3 heterocycles. The second kappa shape index (κ2) is 8.47. The Morgan fingerprint density at radius 1 is 1.27 bits per heavy atom. The van der Waals surface area contributed by atoms with Gasteiger partial charge in [-0.25, -0.2) is 9.97 Å². The first-order valence-corrected chi connectivity index (χ1v) is 9.45. The van der Waals surface area contributed by atoms with Gasteiger partial charge in [0.1, 0.15) is 11.6 Å². The molecular formula is C19H19ClF3N5O2. The summed E-state index contributed by atoms with van der Waals surface area (Å²) in [6.45, 7) is 3.89. The number of carbonyl (C=O) groups excluding carboxylic acids is 2. The molecule has 2 aromatic rings. The first-order valence-electron chi connectivity index (χ1n) is 9.08. The lowest BCUT2D eigenvalue weighted by Crippen LogP contribution is -2.37. The number of anilines is 2. The average molecular weight is 442 g/mol. The van der Waals surface area contributed by atoms with E-state index in [4.69, 9.17) is 11.6 Å². The van der Waals surface area contributed by atoms with Crippen LogP contribution in [0.15, 0.2) is 24.4 Å². The van der Waals surface area contributed by atoms with Gasteiger partial charge in [0.2, 0.25) is 5.91 Å². The van der Waals surface area contributed by atoms with Crippen molar-refractivity contribution in [3.05, 3.63) is 46.2 Å². The molecule has 0 aliphatic carbocycles. The molecule has 3 rings (SSSR count). The minimum absolute atomic E-state index is 0.0958.